The van der Waals surface area contributed by atoms with Crippen molar-refractivity contribution in [1.29, 1.82) is 0 Å². The maximum atomic E-state index is 13.5. The molecule has 5 rings (SSSR count). The lowest BCUT2D eigenvalue weighted by Crippen LogP contribution is -2.68. The van der Waals surface area contributed by atoms with Crippen molar-refractivity contribution in [2.75, 3.05) is 31.4 Å². The summed E-state index contributed by atoms with van der Waals surface area (Å²) in [5.74, 6) is 2.74. The number of nitrogens with one attached hydrogen (secondary N) is 1. The van der Waals surface area contributed by atoms with E-state index in [9.17, 15) is 4.79 Å². The zero-order chi connectivity index (χ0) is 22.9. The molecule has 0 radical (unpaired) electrons. The highest BCUT2D eigenvalue weighted by Crippen LogP contribution is 2.60. The topological polar surface area (TPSA) is 86.1 Å². The Hall–Kier alpha value is -3.55. The SMILES string of the molecule is C=N/C=N\C(=C/C)Nc1cc(-c2cnc(N(C)C)c(C(=O)N(C)C34CC(C3)C4)c2)ccn1. The quantitative estimate of drug-likeness (QED) is 0.507. The molecule has 1 amide bonds. The molecular formula is C24H29N7O. The van der Waals surface area contributed by atoms with E-state index in [0.717, 1.165) is 36.3 Å². The van der Waals surface area contributed by atoms with Crippen LogP contribution in [0.5, 0.6) is 0 Å². The molecule has 32 heavy (non-hydrogen) atoms. The molecule has 8 heteroatoms. The molecule has 3 aliphatic rings. The van der Waals surface area contributed by atoms with Gasteiger partial charge < -0.3 is 15.1 Å². The van der Waals surface area contributed by atoms with E-state index in [-0.39, 0.29) is 11.4 Å². The fourth-order valence-electron chi connectivity index (χ4n) is 4.46. The number of amides is 1. The second kappa shape index (κ2) is 8.53. The number of allylic oxidation sites excluding steroid dienone is 1. The van der Waals surface area contributed by atoms with E-state index in [1.54, 1.807) is 12.4 Å². The molecule has 166 valence electrons. The molecule has 0 aromatic carbocycles. The molecule has 2 aromatic heterocycles. The highest BCUT2D eigenvalue weighted by Gasteiger charge is 2.60. The number of pyridine rings is 2. The Balaban J connectivity index is 1.64. The van der Waals surface area contributed by atoms with Crippen LogP contribution in [0.25, 0.3) is 11.1 Å². The van der Waals surface area contributed by atoms with Crippen molar-refractivity contribution < 1.29 is 4.79 Å². The summed E-state index contributed by atoms with van der Waals surface area (Å²) in [5.41, 5.74) is 2.43. The molecule has 0 aliphatic heterocycles. The molecule has 3 fully saturated rings. The minimum atomic E-state index is 0.0241. The molecule has 0 unspecified atom stereocenters. The number of nitrogens with zero attached hydrogens (tertiary/aromatic N) is 6. The number of anilines is 2. The van der Waals surface area contributed by atoms with Crippen LogP contribution in [0, 0.1) is 5.92 Å². The summed E-state index contributed by atoms with van der Waals surface area (Å²) in [6.45, 7) is 5.27. The van der Waals surface area contributed by atoms with Crippen LogP contribution in [0.4, 0.5) is 11.6 Å². The van der Waals surface area contributed by atoms with Crippen molar-refractivity contribution >= 4 is 30.6 Å². The van der Waals surface area contributed by atoms with E-state index < -0.39 is 0 Å². The first-order chi connectivity index (χ1) is 15.4. The Kier molecular flexibility index (Phi) is 5.78. The lowest BCUT2D eigenvalue weighted by molar-refractivity contribution is -0.114. The molecule has 3 aliphatic carbocycles. The monoisotopic (exact) mass is 431 g/mol. The van der Waals surface area contributed by atoms with E-state index >= 15 is 0 Å². The zero-order valence-corrected chi connectivity index (χ0v) is 19.0. The van der Waals surface area contributed by atoms with Crippen LogP contribution in [-0.2, 0) is 0 Å². The van der Waals surface area contributed by atoms with E-state index in [0.29, 0.717) is 23.0 Å². The largest absolute Gasteiger partial charge is 0.362 e. The predicted octanol–water partition coefficient (Wildman–Crippen LogP) is 3.84. The molecule has 1 N–H and O–H groups in total. The van der Waals surface area contributed by atoms with Crippen LogP contribution in [0.15, 0.2) is 52.5 Å². The fourth-order valence-corrected chi connectivity index (χ4v) is 4.46. The third kappa shape index (κ3) is 3.88. The standard InChI is InChI=1S/C24H29N7O/c1-6-20(28-15-25-2)29-21-10-17(7-8-26-21)18-9-19(22(27-14-18)30(3)4)23(32)31(5)24-11-16(12-24)13-24/h6-10,14-16H,2,11-13H2,1,3-5H3,(H,26,29)/b20-6+,28-15-. The summed E-state index contributed by atoms with van der Waals surface area (Å²) in [5, 5.41) is 3.16. The van der Waals surface area contributed by atoms with E-state index in [1.165, 1.54) is 6.34 Å². The summed E-state index contributed by atoms with van der Waals surface area (Å²) < 4.78 is 0. The first-order valence-electron chi connectivity index (χ1n) is 10.7. The predicted molar refractivity (Wildman–Crippen MR) is 129 cm³/mol. The van der Waals surface area contributed by atoms with Crippen molar-refractivity contribution in [3.05, 3.63) is 48.1 Å². The van der Waals surface area contributed by atoms with Crippen molar-refractivity contribution in [2.45, 2.75) is 31.7 Å². The minimum Gasteiger partial charge on any atom is -0.362 e. The van der Waals surface area contributed by atoms with Gasteiger partial charge >= 0.3 is 0 Å². The van der Waals surface area contributed by atoms with Crippen LogP contribution < -0.4 is 10.2 Å². The van der Waals surface area contributed by atoms with Crippen LogP contribution >= 0.6 is 0 Å². The highest BCUT2D eigenvalue weighted by atomic mass is 16.2. The maximum absolute atomic E-state index is 13.5. The maximum Gasteiger partial charge on any atom is 0.257 e. The average Bonchev–Trinajstić information content (AvgIpc) is 2.73. The van der Waals surface area contributed by atoms with Crippen LogP contribution in [0.1, 0.15) is 36.5 Å². The summed E-state index contributed by atoms with van der Waals surface area (Å²) in [6.07, 6.45) is 10.1. The summed E-state index contributed by atoms with van der Waals surface area (Å²) in [4.78, 5) is 34.1. The third-order valence-corrected chi connectivity index (χ3v) is 6.44. The molecule has 2 aromatic rings. The summed E-state index contributed by atoms with van der Waals surface area (Å²) in [7, 11) is 5.74. The number of hydrogen-bond donors (Lipinski definition) is 1. The van der Waals surface area contributed by atoms with Gasteiger partial charge in [-0.05, 0) is 68.7 Å². The van der Waals surface area contributed by atoms with Gasteiger partial charge in [-0.15, -0.1) is 0 Å². The zero-order valence-electron chi connectivity index (χ0n) is 19.0. The van der Waals surface area contributed by atoms with Crippen LogP contribution in [0.2, 0.25) is 0 Å². The first-order valence-corrected chi connectivity index (χ1v) is 10.7. The van der Waals surface area contributed by atoms with E-state index in [4.69, 9.17) is 0 Å². The van der Waals surface area contributed by atoms with Gasteiger partial charge in [-0.1, -0.05) is 0 Å². The smallest absolute Gasteiger partial charge is 0.257 e. The molecule has 3 saturated carbocycles. The third-order valence-electron chi connectivity index (χ3n) is 6.44. The Morgan fingerprint density at radius 3 is 2.56 bits per heavy atom. The number of aromatic nitrogens is 2. The average molecular weight is 432 g/mol. The van der Waals surface area contributed by atoms with Gasteiger partial charge in [-0.3, -0.25) is 9.79 Å². The van der Waals surface area contributed by atoms with Crippen LogP contribution in [0.3, 0.4) is 0 Å². The Bertz CT molecular complexity index is 1090. The minimum absolute atomic E-state index is 0.0241. The normalized spacial score (nSPS) is 21.5. The van der Waals surface area contributed by atoms with Gasteiger partial charge in [0.2, 0.25) is 0 Å². The molecule has 0 spiro atoms. The van der Waals surface area contributed by atoms with Gasteiger partial charge in [-0.2, -0.15) is 0 Å². The van der Waals surface area contributed by atoms with Crippen molar-refractivity contribution in [3.8, 4) is 11.1 Å². The van der Waals surface area contributed by atoms with Gasteiger partial charge in [-0.25, -0.2) is 15.0 Å². The number of carbonyl (C=O) groups excluding carboxylic acids is 1. The number of carbonyl (C=O) groups is 1. The van der Waals surface area contributed by atoms with Gasteiger partial charge in [0.1, 0.15) is 23.8 Å². The van der Waals surface area contributed by atoms with Gasteiger partial charge in [0.25, 0.3) is 5.91 Å². The molecule has 2 bridgehead atoms. The highest BCUT2D eigenvalue weighted by molar-refractivity contribution is 6.00. The van der Waals surface area contributed by atoms with Crippen molar-refractivity contribution in [2.24, 2.45) is 15.9 Å². The van der Waals surface area contributed by atoms with Crippen molar-refractivity contribution in [3.63, 3.8) is 0 Å². The fraction of sp³-hybridized carbons (Fsp3) is 0.375. The lowest BCUT2D eigenvalue weighted by Gasteiger charge is -2.65. The molecular weight excluding hydrogens is 402 g/mol. The Morgan fingerprint density at radius 2 is 1.97 bits per heavy atom. The van der Waals surface area contributed by atoms with Crippen LogP contribution in [-0.4, -0.2) is 60.5 Å². The molecule has 8 nitrogen and oxygen atoms in total. The number of aliphatic imine (C=N–C) groups is 2. The van der Waals surface area contributed by atoms with Gasteiger partial charge in [0.05, 0.1) is 5.56 Å². The molecule has 0 atom stereocenters. The van der Waals surface area contributed by atoms with Gasteiger partial charge in [0.15, 0.2) is 0 Å². The summed E-state index contributed by atoms with van der Waals surface area (Å²) >= 11 is 0. The Morgan fingerprint density at radius 1 is 1.22 bits per heavy atom. The number of hydrogen-bond acceptors (Lipinski definition) is 6. The lowest BCUT2D eigenvalue weighted by atomic mass is 9.49. The van der Waals surface area contributed by atoms with Gasteiger partial charge in [0, 0.05) is 44.6 Å². The second-order valence-electron chi connectivity index (χ2n) is 8.71. The van der Waals surface area contributed by atoms with E-state index in [1.807, 2.05) is 62.1 Å². The molecule has 0 saturated heterocycles. The van der Waals surface area contributed by atoms with E-state index in [2.05, 4.69) is 32.0 Å². The summed E-state index contributed by atoms with van der Waals surface area (Å²) in [6, 6.07) is 5.74. The Labute approximate surface area is 188 Å². The molecule has 2 heterocycles. The number of rotatable bonds is 8. The first kappa shape index (κ1) is 21.7. The second-order valence-corrected chi connectivity index (χ2v) is 8.71. The van der Waals surface area contributed by atoms with Crippen molar-refractivity contribution in [1.82, 2.24) is 14.9 Å².